The van der Waals surface area contributed by atoms with Crippen molar-refractivity contribution in [2.45, 2.75) is 13.0 Å². The molecule has 0 aliphatic heterocycles. The third-order valence-electron chi connectivity index (χ3n) is 1.88. The largest absolute Gasteiger partial charge is 0.399 e. The van der Waals surface area contributed by atoms with Crippen molar-refractivity contribution in [2.75, 3.05) is 23.1 Å². The van der Waals surface area contributed by atoms with E-state index < -0.39 is 9.84 Å². The van der Waals surface area contributed by atoms with Gasteiger partial charge in [-0.05, 0) is 31.2 Å². The lowest BCUT2D eigenvalue weighted by Crippen LogP contribution is -2.24. The van der Waals surface area contributed by atoms with Gasteiger partial charge in [-0.2, -0.15) is 0 Å². The molecule has 5 heteroatoms. The third kappa shape index (κ3) is 4.69. The molecular weight excluding hydrogens is 212 g/mol. The van der Waals surface area contributed by atoms with Crippen LogP contribution in [0.3, 0.4) is 0 Å². The molecule has 0 saturated carbocycles. The van der Waals surface area contributed by atoms with Crippen molar-refractivity contribution >= 4 is 21.2 Å². The van der Waals surface area contributed by atoms with E-state index in [1.807, 2.05) is 19.1 Å². The Balaban J connectivity index is 2.59. The summed E-state index contributed by atoms with van der Waals surface area (Å²) in [5.74, 6) is 0.122. The molecule has 0 bridgehead atoms. The van der Waals surface area contributed by atoms with Gasteiger partial charge in [-0.1, -0.05) is 0 Å². The lowest BCUT2D eigenvalue weighted by Gasteiger charge is -2.14. The highest BCUT2D eigenvalue weighted by Crippen LogP contribution is 2.11. The van der Waals surface area contributed by atoms with E-state index in [9.17, 15) is 8.42 Å². The minimum Gasteiger partial charge on any atom is -0.399 e. The number of nitrogens with two attached hydrogens (primary N) is 1. The van der Waals surface area contributed by atoms with Gasteiger partial charge in [0.1, 0.15) is 9.84 Å². The van der Waals surface area contributed by atoms with Crippen molar-refractivity contribution in [1.29, 1.82) is 0 Å². The molecule has 0 fully saturated rings. The van der Waals surface area contributed by atoms with Gasteiger partial charge in [-0.3, -0.25) is 0 Å². The summed E-state index contributed by atoms with van der Waals surface area (Å²) >= 11 is 0. The van der Waals surface area contributed by atoms with E-state index in [2.05, 4.69) is 5.32 Å². The molecule has 84 valence electrons. The summed E-state index contributed by atoms with van der Waals surface area (Å²) in [4.78, 5) is 0. The average molecular weight is 228 g/mol. The maximum absolute atomic E-state index is 11.0. The molecule has 0 aromatic heterocycles. The van der Waals surface area contributed by atoms with E-state index in [-0.39, 0.29) is 11.8 Å². The Hall–Kier alpha value is -1.23. The van der Waals surface area contributed by atoms with E-state index in [1.165, 1.54) is 6.26 Å². The normalized spacial score (nSPS) is 13.5. The van der Waals surface area contributed by atoms with Crippen LogP contribution in [0.15, 0.2) is 24.3 Å². The molecule has 0 spiro atoms. The van der Waals surface area contributed by atoms with E-state index in [0.29, 0.717) is 5.69 Å². The van der Waals surface area contributed by atoms with Gasteiger partial charge in [0.2, 0.25) is 0 Å². The number of hydrogen-bond acceptors (Lipinski definition) is 4. The van der Waals surface area contributed by atoms with Crippen LogP contribution in [0, 0.1) is 0 Å². The van der Waals surface area contributed by atoms with Gasteiger partial charge >= 0.3 is 0 Å². The van der Waals surface area contributed by atoms with E-state index in [0.717, 1.165) is 5.69 Å². The summed E-state index contributed by atoms with van der Waals surface area (Å²) in [6, 6.07) is 7.09. The van der Waals surface area contributed by atoms with Gasteiger partial charge in [0.25, 0.3) is 0 Å². The Morgan fingerprint density at radius 2 is 1.87 bits per heavy atom. The Kier molecular flexibility index (Phi) is 3.57. The minimum absolute atomic E-state index is 0.108. The maximum atomic E-state index is 11.0. The summed E-state index contributed by atoms with van der Waals surface area (Å²) in [6.07, 6.45) is 1.23. The summed E-state index contributed by atoms with van der Waals surface area (Å²) < 4.78 is 22.1. The number of nitrogen functional groups attached to an aromatic ring is 1. The van der Waals surface area contributed by atoms with Gasteiger partial charge in [0, 0.05) is 23.7 Å². The van der Waals surface area contributed by atoms with Gasteiger partial charge in [-0.25, -0.2) is 8.42 Å². The lowest BCUT2D eigenvalue weighted by atomic mass is 10.2. The second kappa shape index (κ2) is 4.53. The topological polar surface area (TPSA) is 72.2 Å². The molecule has 1 aromatic rings. The standard InChI is InChI=1S/C10H16N2O2S/c1-8(7-15(2,13)14)12-10-5-3-9(11)4-6-10/h3-6,8,12H,7,11H2,1-2H3. The SMILES string of the molecule is CC(CS(C)(=O)=O)Nc1ccc(N)cc1. The van der Waals surface area contributed by atoms with Crippen LogP contribution in [0.5, 0.6) is 0 Å². The zero-order valence-electron chi connectivity index (χ0n) is 8.90. The number of sulfone groups is 1. The fourth-order valence-corrected chi connectivity index (χ4v) is 2.35. The predicted molar refractivity (Wildman–Crippen MR) is 63.6 cm³/mol. The number of hydrogen-bond donors (Lipinski definition) is 2. The molecule has 0 heterocycles. The second-order valence-electron chi connectivity index (χ2n) is 3.76. The van der Waals surface area contributed by atoms with Crippen LogP contribution in [-0.2, 0) is 9.84 Å². The number of rotatable bonds is 4. The third-order valence-corrected chi connectivity index (χ3v) is 2.98. The Morgan fingerprint density at radius 3 is 2.33 bits per heavy atom. The van der Waals surface area contributed by atoms with Crippen LogP contribution in [0.25, 0.3) is 0 Å². The highest BCUT2D eigenvalue weighted by Gasteiger charge is 2.09. The molecule has 4 nitrogen and oxygen atoms in total. The van der Waals surface area contributed by atoms with Crippen molar-refractivity contribution in [3.8, 4) is 0 Å². The van der Waals surface area contributed by atoms with E-state index in [1.54, 1.807) is 12.1 Å². The first kappa shape index (κ1) is 11.8. The van der Waals surface area contributed by atoms with Crippen molar-refractivity contribution in [1.82, 2.24) is 0 Å². The van der Waals surface area contributed by atoms with Crippen LogP contribution in [0.4, 0.5) is 11.4 Å². The summed E-state index contributed by atoms with van der Waals surface area (Å²) in [7, 11) is -2.94. The molecule has 15 heavy (non-hydrogen) atoms. The molecule has 0 saturated heterocycles. The number of benzene rings is 1. The van der Waals surface area contributed by atoms with E-state index in [4.69, 9.17) is 5.73 Å². The smallest absolute Gasteiger partial charge is 0.149 e. The molecule has 1 atom stereocenters. The van der Waals surface area contributed by atoms with Gasteiger partial charge < -0.3 is 11.1 Å². The minimum atomic E-state index is -2.94. The van der Waals surface area contributed by atoms with Crippen molar-refractivity contribution in [3.63, 3.8) is 0 Å². The van der Waals surface area contributed by atoms with Gasteiger partial charge in [0.05, 0.1) is 5.75 Å². The van der Waals surface area contributed by atoms with Gasteiger partial charge in [0.15, 0.2) is 0 Å². The van der Waals surface area contributed by atoms with Crippen LogP contribution in [0.2, 0.25) is 0 Å². The summed E-state index contributed by atoms with van der Waals surface area (Å²) in [6.45, 7) is 1.83. The summed E-state index contributed by atoms with van der Waals surface area (Å²) in [5, 5.41) is 3.09. The first-order chi connectivity index (χ1) is 6.87. The number of nitrogens with one attached hydrogen (secondary N) is 1. The maximum Gasteiger partial charge on any atom is 0.149 e. The molecular formula is C10H16N2O2S. The highest BCUT2D eigenvalue weighted by atomic mass is 32.2. The fourth-order valence-electron chi connectivity index (χ4n) is 1.36. The first-order valence-electron chi connectivity index (χ1n) is 4.66. The zero-order valence-corrected chi connectivity index (χ0v) is 9.71. The zero-order chi connectivity index (χ0) is 11.5. The first-order valence-corrected chi connectivity index (χ1v) is 6.73. The highest BCUT2D eigenvalue weighted by molar-refractivity contribution is 7.90. The second-order valence-corrected chi connectivity index (χ2v) is 5.94. The van der Waals surface area contributed by atoms with Gasteiger partial charge in [-0.15, -0.1) is 0 Å². The van der Waals surface area contributed by atoms with Crippen LogP contribution in [0.1, 0.15) is 6.92 Å². The fraction of sp³-hybridized carbons (Fsp3) is 0.400. The predicted octanol–water partition coefficient (Wildman–Crippen LogP) is 1.11. The van der Waals surface area contributed by atoms with E-state index >= 15 is 0 Å². The number of anilines is 2. The Morgan fingerprint density at radius 1 is 1.33 bits per heavy atom. The molecule has 1 unspecified atom stereocenters. The van der Waals surface area contributed by atoms with Crippen molar-refractivity contribution in [2.24, 2.45) is 0 Å². The molecule has 1 rings (SSSR count). The van der Waals surface area contributed by atoms with Crippen molar-refractivity contribution < 1.29 is 8.42 Å². The molecule has 0 amide bonds. The lowest BCUT2D eigenvalue weighted by molar-refractivity contribution is 0.598. The van der Waals surface area contributed by atoms with Crippen LogP contribution >= 0.6 is 0 Å². The quantitative estimate of drug-likeness (QED) is 0.757. The Labute approximate surface area is 90.4 Å². The average Bonchev–Trinajstić information content (AvgIpc) is 2.05. The summed E-state index contributed by atoms with van der Waals surface area (Å²) in [5.41, 5.74) is 7.10. The Bertz CT molecular complexity index is 412. The molecule has 0 radical (unpaired) electrons. The molecule has 1 aromatic carbocycles. The molecule has 3 N–H and O–H groups in total. The molecule has 0 aliphatic rings. The molecule has 0 aliphatic carbocycles. The monoisotopic (exact) mass is 228 g/mol. The van der Waals surface area contributed by atoms with Crippen LogP contribution < -0.4 is 11.1 Å². The van der Waals surface area contributed by atoms with Crippen molar-refractivity contribution in [3.05, 3.63) is 24.3 Å². The van der Waals surface area contributed by atoms with Crippen LogP contribution in [-0.4, -0.2) is 26.5 Å².